The number of amides is 1. The van der Waals surface area contributed by atoms with Gasteiger partial charge >= 0.3 is 0 Å². The highest BCUT2D eigenvalue weighted by Crippen LogP contribution is 2.31. The summed E-state index contributed by atoms with van der Waals surface area (Å²) in [5.41, 5.74) is 2.11. The number of aliphatic imine (C=N–C) groups is 1. The first-order valence-electron chi connectivity index (χ1n) is 12.0. The van der Waals surface area contributed by atoms with Crippen molar-refractivity contribution in [2.45, 2.75) is 54.0 Å². The molecule has 0 fully saturated rings. The van der Waals surface area contributed by atoms with Crippen molar-refractivity contribution in [2.75, 3.05) is 20.8 Å². The third-order valence-electron chi connectivity index (χ3n) is 5.54. The fraction of sp³-hybridized carbons (Fsp3) is 0.393. The van der Waals surface area contributed by atoms with E-state index in [1.54, 1.807) is 46.1 Å². The van der Waals surface area contributed by atoms with Crippen LogP contribution in [-0.2, 0) is 4.79 Å². The molecule has 0 bridgehead atoms. The number of hydrogen-bond acceptors (Lipinski definition) is 6. The number of nitrogens with zero attached hydrogens (tertiary/aromatic N) is 2. The number of alkyl halides is 2. The standard InChI is InChI=1S/C26H29F2N3O4.C2H6/c1-14-11-20(17(4)35-14)25(29-5)24-16(3)31-23(12-21(24)26(27)28)34-13-22(32)30-15(2)18-7-9-19(33-6)10-8-18;1-2/h7-12,15,26H,13H2,1-6H3,(H,30,32);1-2H3/t15-;/m0./s1. The van der Waals surface area contributed by atoms with Crippen LogP contribution in [-0.4, -0.2) is 37.4 Å². The molecule has 3 rings (SSSR count). The lowest BCUT2D eigenvalue weighted by atomic mass is 9.96. The van der Waals surface area contributed by atoms with Crippen molar-refractivity contribution in [3.05, 3.63) is 75.9 Å². The molecule has 1 N–H and O–H groups in total. The number of halogens is 2. The van der Waals surface area contributed by atoms with Crippen molar-refractivity contribution in [1.82, 2.24) is 10.3 Å². The number of hydrogen-bond donors (Lipinski definition) is 1. The predicted octanol–water partition coefficient (Wildman–Crippen LogP) is 6.30. The number of rotatable bonds is 9. The van der Waals surface area contributed by atoms with Crippen molar-refractivity contribution in [3.63, 3.8) is 0 Å². The van der Waals surface area contributed by atoms with E-state index in [-0.39, 0.29) is 29.7 Å². The van der Waals surface area contributed by atoms with Gasteiger partial charge in [-0.25, -0.2) is 13.8 Å². The van der Waals surface area contributed by atoms with Gasteiger partial charge in [-0.3, -0.25) is 9.79 Å². The largest absolute Gasteiger partial charge is 0.497 e. The second-order valence-corrected chi connectivity index (χ2v) is 8.06. The summed E-state index contributed by atoms with van der Waals surface area (Å²) in [6, 6.07) is 9.92. The van der Waals surface area contributed by atoms with Crippen LogP contribution in [0.15, 0.2) is 45.8 Å². The molecule has 2 heterocycles. The molecule has 1 aromatic carbocycles. The first-order valence-corrected chi connectivity index (χ1v) is 12.0. The van der Waals surface area contributed by atoms with E-state index in [0.717, 1.165) is 11.6 Å². The van der Waals surface area contributed by atoms with Crippen molar-refractivity contribution < 1.29 is 27.5 Å². The Bertz CT molecular complexity index is 1220. The number of aromatic nitrogens is 1. The molecule has 0 saturated heterocycles. The molecule has 9 heteroatoms. The number of ether oxygens (including phenoxy) is 2. The number of aryl methyl sites for hydroxylation is 3. The molecule has 7 nitrogen and oxygen atoms in total. The highest BCUT2D eigenvalue weighted by molar-refractivity contribution is 6.15. The molecule has 0 spiro atoms. The van der Waals surface area contributed by atoms with Crippen LogP contribution in [0.25, 0.3) is 0 Å². The maximum Gasteiger partial charge on any atom is 0.264 e. The monoisotopic (exact) mass is 515 g/mol. The summed E-state index contributed by atoms with van der Waals surface area (Å²) in [6.45, 7) is 10.6. The van der Waals surface area contributed by atoms with Crippen LogP contribution in [0, 0.1) is 20.8 Å². The van der Waals surface area contributed by atoms with Gasteiger partial charge in [0.05, 0.1) is 24.6 Å². The second kappa shape index (κ2) is 13.5. The van der Waals surface area contributed by atoms with E-state index in [4.69, 9.17) is 13.9 Å². The summed E-state index contributed by atoms with van der Waals surface area (Å²) in [6.07, 6.45) is -2.80. The van der Waals surface area contributed by atoms with Crippen LogP contribution < -0.4 is 14.8 Å². The number of benzene rings is 1. The molecule has 0 aliphatic heterocycles. The minimum absolute atomic E-state index is 0.0654. The third kappa shape index (κ3) is 7.38. The summed E-state index contributed by atoms with van der Waals surface area (Å²) < 4.78 is 44.3. The minimum Gasteiger partial charge on any atom is -0.497 e. The van der Waals surface area contributed by atoms with E-state index in [0.29, 0.717) is 34.2 Å². The Balaban J connectivity index is 0.00000235. The van der Waals surface area contributed by atoms with Gasteiger partial charge < -0.3 is 19.2 Å². The van der Waals surface area contributed by atoms with Crippen molar-refractivity contribution >= 4 is 11.6 Å². The molecule has 2 aromatic heterocycles. The Morgan fingerprint density at radius 3 is 2.30 bits per heavy atom. The summed E-state index contributed by atoms with van der Waals surface area (Å²) in [7, 11) is 3.11. The topological polar surface area (TPSA) is 86.0 Å². The third-order valence-corrected chi connectivity index (χ3v) is 5.54. The molecule has 37 heavy (non-hydrogen) atoms. The zero-order valence-electron chi connectivity index (χ0n) is 22.6. The van der Waals surface area contributed by atoms with Crippen LogP contribution in [0.2, 0.25) is 0 Å². The van der Waals surface area contributed by atoms with Gasteiger partial charge in [-0.05, 0) is 51.5 Å². The molecule has 1 amide bonds. The summed E-state index contributed by atoms with van der Waals surface area (Å²) in [5, 5.41) is 2.81. The van der Waals surface area contributed by atoms with Crippen LogP contribution in [0.1, 0.15) is 72.7 Å². The predicted molar refractivity (Wildman–Crippen MR) is 140 cm³/mol. The van der Waals surface area contributed by atoms with Gasteiger partial charge in [-0.2, -0.15) is 0 Å². The molecule has 200 valence electrons. The lowest BCUT2D eigenvalue weighted by Gasteiger charge is -2.17. The zero-order chi connectivity index (χ0) is 27.7. The van der Waals surface area contributed by atoms with Crippen LogP contribution in [0.5, 0.6) is 11.6 Å². The average Bonchev–Trinajstić information content (AvgIpc) is 3.22. The van der Waals surface area contributed by atoms with Gasteiger partial charge in [0.15, 0.2) is 6.61 Å². The Kier molecular flexibility index (Phi) is 10.8. The van der Waals surface area contributed by atoms with Gasteiger partial charge in [0, 0.05) is 29.8 Å². The molecule has 1 atom stereocenters. The number of pyridine rings is 1. The van der Waals surface area contributed by atoms with Crippen molar-refractivity contribution in [3.8, 4) is 11.6 Å². The van der Waals surface area contributed by atoms with Gasteiger partial charge in [0.2, 0.25) is 5.88 Å². The molecule has 3 aromatic rings. The quantitative estimate of drug-likeness (QED) is 0.338. The van der Waals surface area contributed by atoms with E-state index in [2.05, 4.69) is 15.3 Å². The van der Waals surface area contributed by atoms with Gasteiger partial charge in [0.1, 0.15) is 17.3 Å². The molecule has 0 saturated carbocycles. The van der Waals surface area contributed by atoms with E-state index in [1.807, 2.05) is 32.9 Å². The zero-order valence-corrected chi connectivity index (χ0v) is 22.6. The number of carbonyl (C=O) groups excluding carboxylic acids is 1. The fourth-order valence-corrected chi connectivity index (χ4v) is 3.85. The minimum atomic E-state index is -2.80. The maximum absolute atomic E-state index is 14.1. The van der Waals surface area contributed by atoms with Gasteiger partial charge in [0.25, 0.3) is 12.3 Å². The number of furan rings is 1. The first kappa shape index (κ1) is 29.5. The Morgan fingerprint density at radius 1 is 1.14 bits per heavy atom. The summed E-state index contributed by atoms with van der Waals surface area (Å²) >= 11 is 0. The second-order valence-electron chi connectivity index (χ2n) is 8.06. The lowest BCUT2D eigenvalue weighted by Crippen LogP contribution is -2.31. The van der Waals surface area contributed by atoms with Crippen molar-refractivity contribution in [2.24, 2.45) is 4.99 Å². The highest BCUT2D eigenvalue weighted by Gasteiger charge is 2.25. The van der Waals surface area contributed by atoms with E-state index < -0.39 is 12.3 Å². The SMILES string of the molecule is CC.CN=C(c1cc(C)oc1C)c1c(C(F)F)cc(OCC(=O)N[C@@H](C)c2ccc(OC)cc2)nc1C. The smallest absolute Gasteiger partial charge is 0.264 e. The van der Waals surface area contributed by atoms with Crippen LogP contribution in [0.4, 0.5) is 8.78 Å². The van der Waals surface area contributed by atoms with Gasteiger partial charge in [-0.1, -0.05) is 26.0 Å². The molecule has 0 unspecified atom stereocenters. The molecule has 0 radical (unpaired) electrons. The lowest BCUT2D eigenvalue weighted by molar-refractivity contribution is -0.123. The fourth-order valence-electron chi connectivity index (χ4n) is 3.85. The summed E-state index contributed by atoms with van der Waals surface area (Å²) in [4.78, 5) is 21.0. The van der Waals surface area contributed by atoms with E-state index >= 15 is 0 Å². The van der Waals surface area contributed by atoms with Crippen LogP contribution >= 0.6 is 0 Å². The molecule has 0 aliphatic rings. The van der Waals surface area contributed by atoms with E-state index in [1.165, 1.54) is 7.05 Å². The van der Waals surface area contributed by atoms with Gasteiger partial charge in [-0.15, -0.1) is 0 Å². The van der Waals surface area contributed by atoms with Crippen molar-refractivity contribution in [1.29, 1.82) is 0 Å². The maximum atomic E-state index is 14.1. The summed E-state index contributed by atoms with van der Waals surface area (Å²) in [5.74, 6) is 1.47. The number of nitrogens with one attached hydrogen (secondary N) is 1. The molecular formula is C28H35F2N3O4. The number of methoxy groups -OCH3 is 1. The highest BCUT2D eigenvalue weighted by atomic mass is 19.3. The molecule has 0 aliphatic carbocycles. The normalized spacial score (nSPS) is 12.0. The number of carbonyl (C=O) groups is 1. The first-order chi connectivity index (χ1) is 17.6. The van der Waals surface area contributed by atoms with Crippen LogP contribution in [0.3, 0.4) is 0 Å². The van der Waals surface area contributed by atoms with E-state index in [9.17, 15) is 13.6 Å². The molecular weight excluding hydrogens is 480 g/mol. The average molecular weight is 516 g/mol. The Labute approximate surface area is 216 Å². The Morgan fingerprint density at radius 2 is 1.78 bits per heavy atom. The Hall–Kier alpha value is -3.75.